The maximum atomic E-state index is 12.5. The molecule has 7 atom stereocenters. The Morgan fingerprint density at radius 3 is 2.94 bits per heavy atom. The molecule has 7 rings (SSSR count). The predicted molar refractivity (Wildman–Crippen MR) is 136 cm³/mol. The fraction of sp³-hybridized carbons (Fsp3) is 0.692. The van der Waals surface area contributed by atoms with Gasteiger partial charge in [0.25, 0.3) is 10.1 Å². The fourth-order valence-electron chi connectivity index (χ4n) is 7.73. The summed E-state index contributed by atoms with van der Waals surface area (Å²) in [4.78, 5) is 7.44. The van der Waals surface area contributed by atoms with Crippen LogP contribution in [-0.2, 0) is 19.0 Å². The Morgan fingerprint density at radius 2 is 2.08 bits per heavy atom. The first-order valence-electron chi connectivity index (χ1n) is 13.4. The van der Waals surface area contributed by atoms with Crippen molar-refractivity contribution in [2.45, 2.75) is 49.9 Å². The summed E-state index contributed by atoms with van der Waals surface area (Å²) >= 11 is 0. The van der Waals surface area contributed by atoms with Crippen LogP contribution in [0, 0.1) is 11.8 Å². The van der Waals surface area contributed by atoms with Gasteiger partial charge in [0.1, 0.15) is 18.6 Å². The minimum atomic E-state index is -3.63. The van der Waals surface area contributed by atoms with Crippen LogP contribution in [0.1, 0.15) is 19.3 Å². The van der Waals surface area contributed by atoms with Gasteiger partial charge in [0.05, 0.1) is 6.26 Å². The smallest absolute Gasteiger partial charge is 0.264 e. The molecule has 0 aromatic rings. The number of hydrogen-bond acceptors (Lipinski definition) is 9. The van der Waals surface area contributed by atoms with Crippen molar-refractivity contribution >= 4 is 10.1 Å². The lowest BCUT2D eigenvalue weighted by Crippen LogP contribution is -2.56. The molecule has 4 saturated heterocycles. The van der Waals surface area contributed by atoms with E-state index < -0.39 is 16.2 Å². The van der Waals surface area contributed by atoms with E-state index in [0.29, 0.717) is 12.6 Å². The molecule has 2 N–H and O–H groups in total. The molecular weight excluding hydrogens is 478 g/mol. The highest BCUT2D eigenvalue weighted by molar-refractivity contribution is 7.86. The quantitative estimate of drug-likeness (QED) is 0.511. The maximum Gasteiger partial charge on any atom is 0.264 e. The minimum Gasteiger partial charge on any atom is -0.364 e. The van der Waals surface area contributed by atoms with E-state index in [-0.39, 0.29) is 30.3 Å². The van der Waals surface area contributed by atoms with Crippen LogP contribution < -0.4 is 10.6 Å². The van der Waals surface area contributed by atoms with Crippen LogP contribution >= 0.6 is 0 Å². The number of hydrogen-bond donors (Lipinski definition) is 2. The zero-order valence-electron chi connectivity index (χ0n) is 21.1. The van der Waals surface area contributed by atoms with Crippen molar-refractivity contribution in [3.63, 3.8) is 0 Å². The molecule has 0 aromatic carbocycles. The molecule has 5 heterocycles. The highest BCUT2D eigenvalue weighted by Gasteiger charge is 2.49. The van der Waals surface area contributed by atoms with Crippen LogP contribution in [0.2, 0.25) is 0 Å². The summed E-state index contributed by atoms with van der Waals surface area (Å²) in [5.74, 6) is 0.186. The Morgan fingerprint density at radius 1 is 1.22 bits per heavy atom. The van der Waals surface area contributed by atoms with E-state index in [1.54, 1.807) is 0 Å². The summed E-state index contributed by atoms with van der Waals surface area (Å²) in [6.07, 6.45) is 12.6. The van der Waals surface area contributed by atoms with E-state index in [0.717, 1.165) is 38.2 Å². The highest BCUT2D eigenvalue weighted by atomic mass is 32.2. The minimum absolute atomic E-state index is 0.00432. The van der Waals surface area contributed by atoms with Crippen LogP contribution in [0.25, 0.3) is 0 Å². The van der Waals surface area contributed by atoms with Gasteiger partial charge in [-0.3, -0.25) is 24.2 Å². The van der Waals surface area contributed by atoms with Gasteiger partial charge >= 0.3 is 0 Å². The number of likely N-dealkylation sites (N-methyl/N-ethyl adjacent to an activating group) is 1. The SMILES string of the molecule is CN1C[C@H](CN[C@H]2CN3CCN4CCC[C@H]4[C@@H]3O2)C(OS(C)(=O)=O)C2=C3C=CC=C4NC=C(C[C@H]21)C43. The molecule has 36 heavy (non-hydrogen) atoms. The van der Waals surface area contributed by atoms with E-state index in [4.69, 9.17) is 8.92 Å². The fourth-order valence-corrected chi connectivity index (χ4v) is 8.36. The molecule has 0 spiro atoms. The number of fused-ring (bicyclic) bond motifs is 4. The Hall–Kier alpha value is -1.53. The number of ether oxygens (including phenoxy) is 1. The average Bonchev–Trinajstić information content (AvgIpc) is 3.57. The summed E-state index contributed by atoms with van der Waals surface area (Å²) in [6, 6.07) is 0.643. The van der Waals surface area contributed by atoms with Crippen molar-refractivity contribution in [1.29, 1.82) is 0 Å². The summed E-state index contributed by atoms with van der Waals surface area (Å²) in [7, 11) is -1.48. The van der Waals surface area contributed by atoms with Crippen molar-refractivity contribution < 1.29 is 17.3 Å². The van der Waals surface area contributed by atoms with Crippen molar-refractivity contribution in [1.82, 2.24) is 25.3 Å². The standard InChI is InChI=1S/C26H37N5O4S/c1-29-14-17(13-28-22-15-31-10-9-30-8-4-7-20(30)26(31)34-22)25(35-36(2,32)33)24-18-5-3-6-19-23(18)16(12-27-19)11-21(24)29/h3,5-6,12,17,20-23,25-28H,4,7-11,13-15H2,1-2H3/t17-,20-,21+,22+,23?,25?,26-/m0/s1. The van der Waals surface area contributed by atoms with E-state index in [1.165, 1.54) is 42.5 Å². The number of piperidine rings is 1. The normalized spacial score (nSPS) is 40.3. The third kappa shape index (κ3) is 3.93. The monoisotopic (exact) mass is 515 g/mol. The second-order valence-corrected chi connectivity index (χ2v) is 13.1. The molecule has 5 aliphatic heterocycles. The highest BCUT2D eigenvalue weighted by Crippen LogP contribution is 2.48. The number of nitrogens with zero attached hydrogens (tertiary/aromatic N) is 3. The summed E-state index contributed by atoms with van der Waals surface area (Å²) in [5, 5.41) is 7.09. The number of nitrogens with one attached hydrogen (secondary N) is 2. The third-order valence-corrected chi connectivity index (χ3v) is 9.80. The van der Waals surface area contributed by atoms with Gasteiger partial charge in [-0.2, -0.15) is 8.42 Å². The molecule has 10 heteroatoms. The van der Waals surface area contributed by atoms with Crippen molar-refractivity contribution in [2.75, 3.05) is 52.6 Å². The van der Waals surface area contributed by atoms with Crippen LogP contribution in [0.3, 0.4) is 0 Å². The van der Waals surface area contributed by atoms with Crippen molar-refractivity contribution in [3.05, 3.63) is 46.8 Å². The second kappa shape index (κ2) is 8.76. The largest absolute Gasteiger partial charge is 0.364 e. The van der Waals surface area contributed by atoms with Gasteiger partial charge < -0.3 is 10.1 Å². The average molecular weight is 516 g/mol. The van der Waals surface area contributed by atoms with Gasteiger partial charge in [0.2, 0.25) is 0 Å². The molecule has 7 aliphatic rings. The van der Waals surface area contributed by atoms with Gasteiger partial charge in [0.15, 0.2) is 0 Å². The van der Waals surface area contributed by atoms with Crippen molar-refractivity contribution in [2.24, 2.45) is 11.8 Å². The van der Waals surface area contributed by atoms with Gasteiger partial charge in [-0.25, -0.2) is 0 Å². The van der Waals surface area contributed by atoms with Gasteiger partial charge in [-0.1, -0.05) is 12.2 Å². The molecule has 0 radical (unpaired) electrons. The molecule has 0 aromatic heterocycles. The van der Waals surface area contributed by atoms with Crippen LogP contribution in [0.5, 0.6) is 0 Å². The molecule has 0 bridgehead atoms. The van der Waals surface area contributed by atoms with Gasteiger partial charge in [-0.15, -0.1) is 0 Å². The first kappa shape index (κ1) is 23.6. The topological polar surface area (TPSA) is 86.4 Å². The molecule has 9 nitrogen and oxygen atoms in total. The zero-order chi connectivity index (χ0) is 24.6. The molecular formula is C26H37N5O4S. The van der Waals surface area contributed by atoms with Crippen LogP contribution in [-0.4, -0.2) is 106 Å². The molecule has 2 aliphatic carbocycles. The van der Waals surface area contributed by atoms with Gasteiger partial charge in [0, 0.05) is 68.5 Å². The third-order valence-electron chi connectivity index (χ3n) is 9.25. The second-order valence-electron chi connectivity index (χ2n) is 11.5. The van der Waals surface area contributed by atoms with E-state index >= 15 is 0 Å². The Bertz CT molecular complexity index is 1160. The van der Waals surface area contributed by atoms with Gasteiger partial charge in [-0.05, 0) is 55.7 Å². The number of likely N-dealkylation sites (tertiary alicyclic amines) is 1. The predicted octanol–water partition coefficient (Wildman–Crippen LogP) is 0.571. The Balaban J connectivity index is 1.14. The van der Waals surface area contributed by atoms with E-state index in [9.17, 15) is 8.42 Å². The Labute approximate surface area is 214 Å². The number of piperazine rings is 1. The molecule has 2 unspecified atom stereocenters. The lowest BCUT2D eigenvalue weighted by molar-refractivity contribution is -0.0805. The van der Waals surface area contributed by atoms with E-state index in [2.05, 4.69) is 56.8 Å². The molecule has 196 valence electrons. The number of allylic oxidation sites excluding steroid dienone is 4. The number of rotatable bonds is 5. The van der Waals surface area contributed by atoms with E-state index in [1.807, 2.05) is 0 Å². The molecule has 0 amide bonds. The lowest BCUT2D eigenvalue weighted by atomic mass is 9.69. The summed E-state index contributed by atoms with van der Waals surface area (Å²) in [6.45, 7) is 5.66. The Kier molecular flexibility index (Phi) is 5.74. The van der Waals surface area contributed by atoms with Crippen molar-refractivity contribution in [3.8, 4) is 0 Å². The summed E-state index contributed by atoms with van der Waals surface area (Å²) in [5.41, 5.74) is 4.86. The summed E-state index contributed by atoms with van der Waals surface area (Å²) < 4.78 is 37.4. The first-order valence-corrected chi connectivity index (χ1v) is 15.2. The molecule has 0 saturated carbocycles. The maximum absolute atomic E-state index is 12.5. The lowest BCUT2D eigenvalue weighted by Gasteiger charge is -2.48. The van der Waals surface area contributed by atoms with Crippen LogP contribution in [0.4, 0.5) is 0 Å². The zero-order valence-corrected chi connectivity index (χ0v) is 21.9. The van der Waals surface area contributed by atoms with Crippen LogP contribution in [0.15, 0.2) is 46.8 Å². The molecule has 4 fully saturated rings. The first-order chi connectivity index (χ1) is 17.4.